The van der Waals surface area contributed by atoms with Gasteiger partial charge in [0, 0.05) is 11.1 Å². The van der Waals surface area contributed by atoms with Gasteiger partial charge in [0.1, 0.15) is 5.75 Å². The van der Waals surface area contributed by atoms with Crippen LogP contribution in [-0.4, -0.2) is 17.1 Å². The molecular formula is C14H17ClN2O. The van der Waals surface area contributed by atoms with Crippen molar-refractivity contribution in [2.75, 3.05) is 7.11 Å². The number of halogens is 1. The number of imidazole rings is 1. The van der Waals surface area contributed by atoms with Gasteiger partial charge in [-0.2, -0.15) is 0 Å². The lowest BCUT2D eigenvalue weighted by Gasteiger charge is -2.22. The van der Waals surface area contributed by atoms with Gasteiger partial charge in [0.25, 0.3) is 0 Å². The summed E-state index contributed by atoms with van der Waals surface area (Å²) in [5.41, 5.74) is 3.15. The van der Waals surface area contributed by atoms with E-state index in [0.29, 0.717) is 5.28 Å². The van der Waals surface area contributed by atoms with E-state index in [0.717, 1.165) is 22.6 Å². The molecule has 0 aliphatic carbocycles. The second-order valence-electron chi connectivity index (χ2n) is 5.25. The number of aromatic nitrogens is 2. The van der Waals surface area contributed by atoms with Gasteiger partial charge in [-0.25, -0.2) is 4.98 Å². The standard InChI is InChI=1S/C14H17ClN2O/c1-14(2,3)10-7-9(5-6-12(10)18-4)11-8-16-13(15)17-11/h5-8H,1-4H3,(H,16,17). The molecule has 0 spiro atoms. The Kier molecular flexibility index (Phi) is 3.35. The van der Waals surface area contributed by atoms with Gasteiger partial charge >= 0.3 is 0 Å². The second-order valence-corrected chi connectivity index (χ2v) is 5.61. The van der Waals surface area contributed by atoms with E-state index in [1.807, 2.05) is 12.1 Å². The molecule has 1 heterocycles. The van der Waals surface area contributed by atoms with Crippen molar-refractivity contribution in [1.82, 2.24) is 9.97 Å². The Labute approximate surface area is 112 Å². The zero-order valence-electron chi connectivity index (χ0n) is 11.0. The van der Waals surface area contributed by atoms with Crippen LogP contribution in [0.5, 0.6) is 5.75 Å². The van der Waals surface area contributed by atoms with Crippen LogP contribution in [0.4, 0.5) is 0 Å². The molecule has 0 aliphatic heterocycles. The SMILES string of the molecule is COc1ccc(-c2cnc(Cl)[nH]2)cc1C(C)(C)C. The summed E-state index contributed by atoms with van der Waals surface area (Å²) in [6, 6.07) is 6.09. The molecule has 0 radical (unpaired) electrons. The van der Waals surface area contributed by atoms with E-state index in [4.69, 9.17) is 16.3 Å². The normalized spacial score (nSPS) is 11.6. The van der Waals surface area contributed by atoms with Crippen molar-refractivity contribution < 1.29 is 4.74 Å². The van der Waals surface area contributed by atoms with Gasteiger partial charge in [-0.3, -0.25) is 0 Å². The van der Waals surface area contributed by atoms with Gasteiger partial charge in [-0.05, 0) is 35.2 Å². The topological polar surface area (TPSA) is 37.9 Å². The molecule has 1 aromatic heterocycles. The molecule has 4 heteroatoms. The van der Waals surface area contributed by atoms with Crippen molar-refractivity contribution in [3.8, 4) is 17.0 Å². The third kappa shape index (κ3) is 2.51. The van der Waals surface area contributed by atoms with Gasteiger partial charge in [-0.1, -0.05) is 20.8 Å². The van der Waals surface area contributed by atoms with Crippen LogP contribution in [0.15, 0.2) is 24.4 Å². The van der Waals surface area contributed by atoms with Crippen LogP contribution in [0.2, 0.25) is 5.28 Å². The molecule has 2 rings (SSSR count). The molecule has 3 nitrogen and oxygen atoms in total. The molecule has 1 N–H and O–H groups in total. The van der Waals surface area contributed by atoms with Crippen LogP contribution < -0.4 is 4.74 Å². The number of nitrogens with zero attached hydrogens (tertiary/aromatic N) is 1. The average molecular weight is 265 g/mol. The summed E-state index contributed by atoms with van der Waals surface area (Å²) in [7, 11) is 1.69. The molecule has 0 bridgehead atoms. The highest BCUT2D eigenvalue weighted by Gasteiger charge is 2.19. The fraction of sp³-hybridized carbons (Fsp3) is 0.357. The first-order valence-corrected chi connectivity index (χ1v) is 6.19. The largest absolute Gasteiger partial charge is 0.496 e. The minimum atomic E-state index is 0.0190. The summed E-state index contributed by atoms with van der Waals surface area (Å²) in [4.78, 5) is 7.03. The third-order valence-corrected chi connectivity index (χ3v) is 3.06. The molecular weight excluding hydrogens is 248 g/mol. The van der Waals surface area contributed by atoms with Gasteiger partial charge in [-0.15, -0.1) is 0 Å². The summed E-state index contributed by atoms with van der Waals surface area (Å²) in [5, 5.41) is 0.401. The maximum absolute atomic E-state index is 5.81. The highest BCUT2D eigenvalue weighted by molar-refractivity contribution is 6.28. The summed E-state index contributed by atoms with van der Waals surface area (Å²) < 4.78 is 5.42. The van der Waals surface area contributed by atoms with E-state index in [-0.39, 0.29) is 5.41 Å². The van der Waals surface area contributed by atoms with Crippen LogP contribution >= 0.6 is 11.6 Å². The summed E-state index contributed by atoms with van der Waals surface area (Å²) in [6.07, 6.45) is 1.73. The van der Waals surface area contributed by atoms with Gasteiger partial charge in [0.15, 0.2) is 5.28 Å². The van der Waals surface area contributed by atoms with Gasteiger partial charge in [0.2, 0.25) is 0 Å². The number of hydrogen-bond acceptors (Lipinski definition) is 2. The number of ether oxygens (including phenoxy) is 1. The number of aromatic amines is 1. The lowest BCUT2D eigenvalue weighted by molar-refractivity contribution is 0.397. The highest BCUT2D eigenvalue weighted by Crippen LogP contribution is 2.34. The highest BCUT2D eigenvalue weighted by atomic mass is 35.5. The molecule has 0 aliphatic rings. The molecule has 0 unspecified atom stereocenters. The van der Waals surface area contributed by atoms with Gasteiger partial charge < -0.3 is 9.72 Å². The Balaban J connectivity index is 2.52. The lowest BCUT2D eigenvalue weighted by atomic mass is 9.85. The Hall–Kier alpha value is -1.48. The summed E-state index contributed by atoms with van der Waals surface area (Å²) in [5.74, 6) is 0.900. The number of methoxy groups -OCH3 is 1. The zero-order chi connectivity index (χ0) is 13.3. The van der Waals surface area contributed by atoms with Crippen molar-refractivity contribution in [3.05, 3.63) is 35.2 Å². The fourth-order valence-corrected chi connectivity index (χ4v) is 2.06. The minimum Gasteiger partial charge on any atom is -0.496 e. The predicted molar refractivity (Wildman–Crippen MR) is 74.3 cm³/mol. The van der Waals surface area contributed by atoms with E-state index >= 15 is 0 Å². The van der Waals surface area contributed by atoms with E-state index < -0.39 is 0 Å². The van der Waals surface area contributed by atoms with Gasteiger partial charge in [0.05, 0.1) is 19.0 Å². The van der Waals surface area contributed by atoms with Crippen molar-refractivity contribution in [1.29, 1.82) is 0 Å². The lowest BCUT2D eigenvalue weighted by Crippen LogP contribution is -2.12. The average Bonchev–Trinajstić information content (AvgIpc) is 2.74. The van der Waals surface area contributed by atoms with Crippen molar-refractivity contribution in [3.63, 3.8) is 0 Å². The molecule has 0 saturated carbocycles. The molecule has 2 aromatic rings. The smallest absolute Gasteiger partial charge is 0.200 e. The quantitative estimate of drug-likeness (QED) is 0.889. The minimum absolute atomic E-state index is 0.0190. The zero-order valence-corrected chi connectivity index (χ0v) is 11.8. The van der Waals surface area contributed by atoms with E-state index in [1.54, 1.807) is 13.3 Å². The van der Waals surface area contributed by atoms with Crippen molar-refractivity contribution in [2.24, 2.45) is 0 Å². The molecule has 0 atom stereocenters. The van der Waals surface area contributed by atoms with E-state index in [9.17, 15) is 0 Å². The van der Waals surface area contributed by atoms with Crippen LogP contribution in [0.25, 0.3) is 11.3 Å². The van der Waals surface area contributed by atoms with E-state index in [2.05, 4.69) is 36.8 Å². The van der Waals surface area contributed by atoms with Crippen molar-refractivity contribution in [2.45, 2.75) is 26.2 Å². The Morgan fingerprint density at radius 2 is 2.00 bits per heavy atom. The Morgan fingerprint density at radius 3 is 2.50 bits per heavy atom. The molecule has 1 aromatic carbocycles. The number of benzene rings is 1. The molecule has 0 fully saturated rings. The van der Waals surface area contributed by atoms with Crippen molar-refractivity contribution >= 4 is 11.6 Å². The van der Waals surface area contributed by atoms with Crippen LogP contribution in [0, 0.1) is 0 Å². The Morgan fingerprint density at radius 1 is 1.28 bits per heavy atom. The number of H-pyrrole nitrogens is 1. The van der Waals surface area contributed by atoms with Crippen LogP contribution in [0.3, 0.4) is 0 Å². The number of hydrogen-bond donors (Lipinski definition) is 1. The predicted octanol–water partition coefficient (Wildman–Crippen LogP) is 4.04. The maximum Gasteiger partial charge on any atom is 0.200 e. The Bertz CT molecular complexity index is 555. The monoisotopic (exact) mass is 264 g/mol. The first kappa shape index (κ1) is 13.0. The first-order chi connectivity index (χ1) is 8.41. The molecule has 0 saturated heterocycles. The first-order valence-electron chi connectivity index (χ1n) is 5.81. The van der Waals surface area contributed by atoms with Crippen LogP contribution in [0.1, 0.15) is 26.3 Å². The van der Waals surface area contributed by atoms with Crippen LogP contribution in [-0.2, 0) is 5.41 Å². The molecule has 18 heavy (non-hydrogen) atoms. The molecule has 0 amide bonds. The summed E-state index contributed by atoms with van der Waals surface area (Å²) in [6.45, 7) is 6.48. The maximum atomic E-state index is 5.81. The third-order valence-electron chi connectivity index (χ3n) is 2.86. The second kappa shape index (κ2) is 4.65. The number of rotatable bonds is 2. The summed E-state index contributed by atoms with van der Waals surface area (Å²) >= 11 is 5.81. The molecule has 96 valence electrons. The van der Waals surface area contributed by atoms with E-state index in [1.165, 1.54) is 0 Å². The number of nitrogens with one attached hydrogen (secondary N) is 1. The fourth-order valence-electron chi connectivity index (χ4n) is 1.91.